The molecule has 0 aliphatic carbocycles. The van der Waals surface area contributed by atoms with Crippen LogP contribution in [0.5, 0.6) is 5.75 Å². The van der Waals surface area contributed by atoms with Crippen LogP contribution in [0.25, 0.3) is 0 Å². The number of nitrogens with one attached hydrogen (secondary N) is 1. The number of fused-ring (bicyclic) bond motifs is 2. The number of sulfonamides is 1. The molecule has 0 bridgehead atoms. The van der Waals surface area contributed by atoms with E-state index in [4.69, 9.17) is 14.2 Å². The van der Waals surface area contributed by atoms with Crippen LogP contribution in [0, 0.1) is 0 Å². The van der Waals surface area contributed by atoms with E-state index in [0.717, 1.165) is 19.6 Å². The largest absolute Gasteiger partial charge is 0.497 e. The molecule has 12 heteroatoms. The second kappa shape index (κ2) is 10.9. The van der Waals surface area contributed by atoms with Crippen LogP contribution in [0.1, 0.15) is 54.9 Å². The number of carbonyl (C=O) groups is 2. The molecule has 1 fully saturated rings. The minimum Gasteiger partial charge on any atom is -0.497 e. The van der Waals surface area contributed by atoms with Crippen molar-refractivity contribution >= 4 is 21.8 Å². The first kappa shape index (κ1) is 27.1. The summed E-state index contributed by atoms with van der Waals surface area (Å²) in [7, 11) is -2.74. The van der Waals surface area contributed by atoms with E-state index in [1.807, 2.05) is 13.8 Å². The summed E-state index contributed by atoms with van der Waals surface area (Å²) in [6.07, 6.45) is 9.37. The molecule has 39 heavy (non-hydrogen) atoms. The fourth-order valence-corrected chi connectivity index (χ4v) is 6.63. The Balaban J connectivity index is 1.27. The van der Waals surface area contributed by atoms with Gasteiger partial charge in [-0.1, -0.05) is 20.3 Å². The number of likely N-dealkylation sites (tertiary alicyclic amines) is 1. The highest BCUT2D eigenvalue weighted by molar-refractivity contribution is 7.90. The first-order chi connectivity index (χ1) is 18.7. The highest BCUT2D eigenvalue weighted by Gasteiger charge is 2.44. The van der Waals surface area contributed by atoms with E-state index in [-0.39, 0.29) is 28.2 Å². The van der Waals surface area contributed by atoms with Gasteiger partial charge in [0.25, 0.3) is 21.8 Å². The van der Waals surface area contributed by atoms with Crippen molar-refractivity contribution in [1.82, 2.24) is 19.4 Å². The Morgan fingerprint density at radius 2 is 1.87 bits per heavy atom. The molecule has 0 radical (unpaired) electrons. The third-order valence-corrected chi connectivity index (χ3v) is 9.01. The summed E-state index contributed by atoms with van der Waals surface area (Å²) in [5, 5.41) is 3.09. The van der Waals surface area contributed by atoms with Crippen molar-refractivity contribution in [1.29, 1.82) is 0 Å². The molecule has 210 valence electrons. The molecule has 1 unspecified atom stereocenters. The van der Waals surface area contributed by atoms with Gasteiger partial charge in [-0.15, -0.1) is 0 Å². The molecule has 0 spiro atoms. The maximum atomic E-state index is 13.3. The zero-order valence-electron chi connectivity index (χ0n) is 22.4. The van der Waals surface area contributed by atoms with Crippen molar-refractivity contribution in [2.24, 2.45) is 0 Å². The van der Waals surface area contributed by atoms with Gasteiger partial charge < -0.3 is 19.5 Å². The Kier molecular flexibility index (Phi) is 7.59. The highest BCUT2D eigenvalue weighted by atomic mass is 32.2. The number of rotatable bonds is 9. The summed E-state index contributed by atoms with van der Waals surface area (Å²) in [6.45, 7) is 6.53. The lowest BCUT2D eigenvalue weighted by Gasteiger charge is -2.37. The highest BCUT2D eigenvalue weighted by Crippen LogP contribution is 2.38. The number of allylic oxidation sites excluding steroid dienone is 2. The SMILES string of the molecule is COc1cc(C(C)C)c2c(c1)S(=O)(=O)N(COC1=CC(=O)N3C=CC=C(OCCN4CCCCC4)C3N1)C2=O. The lowest BCUT2D eigenvalue weighted by molar-refractivity contribution is -0.127. The average molecular weight is 559 g/mol. The molecule has 4 heterocycles. The molecule has 2 amide bonds. The fraction of sp³-hybridized carbons (Fsp3) is 0.481. The molecule has 1 saturated heterocycles. The Bertz CT molecular complexity index is 1350. The number of benzene rings is 1. The molecular formula is C27H34N4O7S. The predicted octanol–water partition coefficient (Wildman–Crippen LogP) is 2.45. The summed E-state index contributed by atoms with van der Waals surface area (Å²) in [4.78, 5) is 29.8. The van der Waals surface area contributed by atoms with E-state index < -0.39 is 28.8 Å². The van der Waals surface area contributed by atoms with Crippen molar-refractivity contribution in [3.63, 3.8) is 0 Å². The molecule has 4 aliphatic rings. The third kappa shape index (κ3) is 5.22. The molecule has 1 aromatic rings. The van der Waals surface area contributed by atoms with Gasteiger partial charge in [-0.05, 0) is 55.6 Å². The number of ether oxygens (including phenoxy) is 3. The Morgan fingerprint density at radius 1 is 1.10 bits per heavy atom. The summed E-state index contributed by atoms with van der Waals surface area (Å²) in [6, 6.07) is 3.02. The van der Waals surface area contributed by atoms with Gasteiger partial charge in [-0.2, -0.15) is 4.31 Å². The lowest BCUT2D eigenvalue weighted by atomic mass is 9.96. The zero-order valence-corrected chi connectivity index (χ0v) is 23.2. The van der Waals surface area contributed by atoms with Gasteiger partial charge in [0.15, 0.2) is 18.8 Å². The number of methoxy groups -OCH3 is 1. The van der Waals surface area contributed by atoms with Crippen LogP contribution in [0.4, 0.5) is 0 Å². The standard InChI is InChI=1S/C27H34N4O7S/c1-18(2)20-14-19(36-3)15-22-25(20)27(33)31(39(22,34)35)17-38-23-16-24(32)30-11-7-8-21(26(30)28-23)37-13-12-29-9-5-4-6-10-29/h7-8,11,14-16,18,26,28H,4-6,9-10,12-13,17H2,1-3H3. The number of piperidine rings is 1. The zero-order chi connectivity index (χ0) is 27.7. The average Bonchev–Trinajstić information content (AvgIpc) is 3.12. The van der Waals surface area contributed by atoms with Gasteiger partial charge in [-0.3, -0.25) is 19.4 Å². The van der Waals surface area contributed by atoms with E-state index in [1.165, 1.54) is 43.4 Å². The molecular weight excluding hydrogens is 524 g/mol. The number of hydrogen-bond donors (Lipinski definition) is 1. The van der Waals surface area contributed by atoms with Gasteiger partial charge in [0.1, 0.15) is 23.0 Å². The number of hydrogen-bond acceptors (Lipinski definition) is 9. The quantitative estimate of drug-likeness (QED) is 0.488. The Hall–Kier alpha value is -3.51. The van der Waals surface area contributed by atoms with Crippen LogP contribution in [-0.4, -0.2) is 80.6 Å². The summed E-state index contributed by atoms with van der Waals surface area (Å²) < 4.78 is 44.3. The Morgan fingerprint density at radius 3 is 2.59 bits per heavy atom. The van der Waals surface area contributed by atoms with Crippen molar-refractivity contribution in [3.05, 3.63) is 59.3 Å². The first-order valence-electron chi connectivity index (χ1n) is 13.2. The van der Waals surface area contributed by atoms with Crippen molar-refractivity contribution < 1.29 is 32.2 Å². The van der Waals surface area contributed by atoms with Crippen molar-refractivity contribution in [2.45, 2.75) is 50.1 Å². The van der Waals surface area contributed by atoms with E-state index in [1.54, 1.807) is 24.4 Å². The molecule has 1 atom stereocenters. The second-order valence-electron chi connectivity index (χ2n) is 10.1. The van der Waals surface area contributed by atoms with Gasteiger partial charge in [0, 0.05) is 18.8 Å². The summed E-state index contributed by atoms with van der Waals surface area (Å²) in [5.41, 5.74) is 0.693. The molecule has 11 nitrogen and oxygen atoms in total. The molecule has 0 saturated carbocycles. The van der Waals surface area contributed by atoms with Gasteiger partial charge in [0.05, 0.1) is 18.7 Å². The molecule has 5 rings (SSSR count). The van der Waals surface area contributed by atoms with Crippen LogP contribution >= 0.6 is 0 Å². The van der Waals surface area contributed by atoms with Gasteiger partial charge in [0.2, 0.25) is 0 Å². The fourth-order valence-electron chi connectivity index (χ4n) is 5.16. The van der Waals surface area contributed by atoms with Crippen LogP contribution in [0.3, 0.4) is 0 Å². The van der Waals surface area contributed by atoms with E-state index in [2.05, 4.69) is 10.2 Å². The predicted molar refractivity (Wildman–Crippen MR) is 142 cm³/mol. The third-order valence-electron chi connectivity index (χ3n) is 7.28. The van der Waals surface area contributed by atoms with Crippen molar-refractivity contribution in [2.75, 3.05) is 40.1 Å². The summed E-state index contributed by atoms with van der Waals surface area (Å²) >= 11 is 0. The molecule has 1 N–H and O–H groups in total. The van der Waals surface area contributed by atoms with Crippen LogP contribution in [0.15, 0.2) is 53.1 Å². The summed E-state index contributed by atoms with van der Waals surface area (Å²) in [5.74, 6) is -0.210. The number of amides is 2. The molecule has 4 aliphatic heterocycles. The minimum absolute atomic E-state index is 0.0442. The Labute approximate surface area is 228 Å². The van der Waals surface area contributed by atoms with Crippen LogP contribution in [-0.2, 0) is 24.3 Å². The van der Waals surface area contributed by atoms with Gasteiger partial charge >= 0.3 is 0 Å². The number of carbonyl (C=O) groups excluding carboxylic acids is 2. The molecule has 1 aromatic carbocycles. The number of nitrogens with zero attached hydrogens (tertiary/aromatic N) is 3. The lowest BCUT2D eigenvalue weighted by Crippen LogP contribution is -2.52. The maximum absolute atomic E-state index is 13.3. The minimum atomic E-state index is -4.18. The maximum Gasteiger partial charge on any atom is 0.272 e. The van der Waals surface area contributed by atoms with Crippen LogP contribution < -0.4 is 10.1 Å². The smallest absolute Gasteiger partial charge is 0.272 e. The normalized spacial score (nSPS) is 22.2. The molecule has 0 aromatic heterocycles. The van der Waals surface area contributed by atoms with Gasteiger partial charge in [-0.25, -0.2) is 8.42 Å². The van der Waals surface area contributed by atoms with Crippen LogP contribution in [0.2, 0.25) is 0 Å². The van der Waals surface area contributed by atoms with E-state index >= 15 is 0 Å². The van der Waals surface area contributed by atoms with E-state index in [9.17, 15) is 18.0 Å². The van der Waals surface area contributed by atoms with E-state index in [0.29, 0.717) is 28.0 Å². The second-order valence-corrected chi connectivity index (χ2v) is 12.0. The van der Waals surface area contributed by atoms with Crippen molar-refractivity contribution in [3.8, 4) is 5.75 Å². The topological polar surface area (TPSA) is 118 Å². The first-order valence-corrected chi connectivity index (χ1v) is 14.6. The monoisotopic (exact) mass is 558 g/mol.